The minimum atomic E-state index is 0.452. The average molecular weight is 266 g/mol. The van der Waals surface area contributed by atoms with Gasteiger partial charge in [-0.15, -0.1) is 11.3 Å². The first-order valence-corrected chi connectivity index (χ1v) is 6.97. The van der Waals surface area contributed by atoms with Crippen LogP contribution in [-0.4, -0.2) is 7.05 Å². The first-order valence-electron chi connectivity index (χ1n) is 5.77. The normalized spacial score (nSPS) is 12.6. The molecule has 1 heterocycles. The van der Waals surface area contributed by atoms with Crippen molar-refractivity contribution in [3.05, 3.63) is 46.3 Å². The Bertz CT molecular complexity index is 488. The highest BCUT2D eigenvalue weighted by atomic mass is 35.5. The summed E-state index contributed by atoms with van der Waals surface area (Å²) in [6, 6.07) is 12.8. The van der Waals surface area contributed by atoms with Crippen molar-refractivity contribution in [1.29, 1.82) is 0 Å². The molecule has 0 fully saturated rings. The Hall–Kier alpha value is -0.830. The maximum absolute atomic E-state index is 6.01. The second kappa shape index (κ2) is 5.67. The molecule has 0 bridgehead atoms. The second-order valence-corrected chi connectivity index (χ2v) is 5.51. The molecular weight excluding hydrogens is 250 g/mol. The molecule has 0 spiro atoms. The van der Waals surface area contributed by atoms with E-state index < -0.39 is 0 Å². The molecule has 0 aliphatic rings. The van der Waals surface area contributed by atoms with Gasteiger partial charge >= 0.3 is 0 Å². The molecule has 1 N–H and O–H groups in total. The Balaban J connectivity index is 2.29. The predicted molar refractivity (Wildman–Crippen MR) is 76.9 cm³/mol. The van der Waals surface area contributed by atoms with Crippen LogP contribution in [0.4, 0.5) is 0 Å². The van der Waals surface area contributed by atoms with E-state index in [0.29, 0.717) is 6.04 Å². The van der Waals surface area contributed by atoms with Crippen LogP contribution in [-0.2, 0) is 0 Å². The fourth-order valence-corrected chi connectivity index (χ4v) is 3.27. The largest absolute Gasteiger partial charge is 0.312 e. The summed E-state index contributed by atoms with van der Waals surface area (Å²) in [5.41, 5.74) is 1.19. The van der Waals surface area contributed by atoms with Crippen LogP contribution in [0, 0.1) is 0 Å². The van der Waals surface area contributed by atoms with Crippen molar-refractivity contribution >= 4 is 22.9 Å². The lowest BCUT2D eigenvalue weighted by molar-refractivity contribution is 0.586. The summed E-state index contributed by atoms with van der Waals surface area (Å²) in [5.74, 6) is 0. The maximum atomic E-state index is 6.01. The summed E-state index contributed by atoms with van der Waals surface area (Å²) >= 11 is 7.84. The lowest BCUT2D eigenvalue weighted by Crippen LogP contribution is -2.13. The van der Waals surface area contributed by atoms with E-state index in [1.165, 1.54) is 15.3 Å². The highest BCUT2D eigenvalue weighted by molar-refractivity contribution is 7.15. The topological polar surface area (TPSA) is 12.0 Å². The monoisotopic (exact) mass is 265 g/mol. The smallest absolute Gasteiger partial charge is 0.0412 e. The fraction of sp³-hybridized carbons (Fsp3) is 0.286. The van der Waals surface area contributed by atoms with Crippen molar-refractivity contribution in [2.75, 3.05) is 7.05 Å². The number of hydrogen-bond donors (Lipinski definition) is 1. The molecule has 1 aromatic heterocycles. The number of halogens is 1. The van der Waals surface area contributed by atoms with Crippen molar-refractivity contribution in [2.24, 2.45) is 0 Å². The summed E-state index contributed by atoms with van der Waals surface area (Å²) in [6.45, 7) is 2.19. The van der Waals surface area contributed by atoms with E-state index in [1.54, 1.807) is 0 Å². The summed E-state index contributed by atoms with van der Waals surface area (Å²) in [5, 5.41) is 4.12. The van der Waals surface area contributed by atoms with Gasteiger partial charge in [0.15, 0.2) is 0 Å². The molecule has 1 aromatic carbocycles. The lowest BCUT2D eigenvalue weighted by Gasteiger charge is -2.10. The van der Waals surface area contributed by atoms with Crippen LogP contribution in [0.1, 0.15) is 24.3 Å². The molecule has 90 valence electrons. The van der Waals surface area contributed by atoms with Gasteiger partial charge in [-0.1, -0.05) is 30.7 Å². The summed E-state index contributed by atoms with van der Waals surface area (Å²) < 4.78 is 0. The Morgan fingerprint density at radius 1 is 1.29 bits per heavy atom. The van der Waals surface area contributed by atoms with Crippen molar-refractivity contribution < 1.29 is 0 Å². The van der Waals surface area contributed by atoms with Crippen molar-refractivity contribution in [1.82, 2.24) is 5.32 Å². The van der Waals surface area contributed by atoms with E-state index in [2.05, 4.69) is 30.4 Å². The van der Waals surface area contributed by atoms with Crippen LogP contribution in [0.2, 0.25) is 5.02 Å². The highest BCUT2D eigenvalue weighted by Gasteiger charge is 2.10. The van der Waals surface area contributed by atoms with Crippen LogP contribution < -0.4 is 5.32 Å². The van der Waals surface area contributed by atoms with Gasteiger partial charge in [-0.05, 0) is 43.3 Å². The molecule has 17 heavy (non-hydrogen) atoms. The summed E-state index contributed by atoms with van der Waals surface area (Å²) in [4.78, 5) is 2.65. The molecule has 0 saturated carbocycles. The van der Waals surface area contributed by atoms with Crippen molar-refractivity contribution in [3.63, 3.8) is 0 Å². The van der Waals surface area contributed by atoms with Gasteiger partial charge in [-0.3, -0.25) is 0 Å². The molecule has 0 saturated heterocycles. The van der Waals surface area contributed by atoms with Crippen LogP contribution >= 0.6 is 22.9 Å². The van der Waals surface area contributed by atoms with Crippen molar-refractivity contribution in [3.8, 4) is 10.4 Å². The van der Waals surface area contributed by atoms with E-state index >= 15 is 0 Å². The molecule has 2 rings (SSSR count). The minimum Gasteiger partial charge on any atom is -0.312 e. The summed E-state index contributed by atoms with van der Waals surface area (Å²) in [7, 11) is 2.01. The first kappa shape index (κ1) is 12.6. The number of nitrogens with one attached hydrogen (secondary N) is 1. The maximum Gasteiger partial charge on any atom is 0.0412 e. The molecule has 0 radical (unpaired) electrons. The number of rotatable bonds is 4. The zero-order chi connectivity index (χ0) is 12.3. The molecule has 3 heteroatoms. The van der Waals surface area contributed by atoms with Gasteiger partial charge < -0.3 is 5.32 Å². The van der Waals surface area contributed by atoms with E-state index in [-0.39, 0.29) is 0 Å². The third kappa shape index (κ3) is 2.89. The van der Waals surface area contributed by atoms with Crippen LogP contribution in [0.3, 0.4) is 0 Å². The molecule has 1 unspecified atom stereocenters. The second-order valence-electron chi connectivity index (χ2n) is 3.96. The van der Waals surface area contributed by atoms with Gasteiger partial charge in [0.2, 0.25) is 0 Å². The van der Waals surface area contributed by atoms with Gasteiger partial charge in [-0.25, -0.2) is 0 Å². The third-order valence-electron chi connectivity index (χ3n) is 2.84. The van der Waals surface area contributed by atoms with Crippen LogP contribution in [0.5, 0.6) is 0 Å². The molecular formula is C14H16ClNS. The lowest BCUT2D eigenvalue weighted by atomic mass is 10.1. The highest BCUT2D eigenvalue weighted by Crippen LogP contribution is 2.33. The van der Waals surface area contributed by atoms with E-state index in [0.717, 1.165) is 11.4 Å². The molecule has 1 atom stereocenters. The average Bonchev–Trinajstić information content (AvgIpc) is 2.80. The number of thiophene rings is 1. The van der Waals surface area contributed by atoms with Gasteiger partial charge in [0.1, 0.15) is 0 Å². The zero-order valence-corrected chi connectivity index (χ0v) is 11.6. The van der Waals surface area contributed by atoms with Gasteiger partial charge in [-0.2, -0.15) is 0 Å². The molecule has 0 aliphatic heterocycles. The van der Waals surface area contributed by atoms with Gasteiger partial charge in [0, 0.05) is 20.8 Å². The molecule has 0 aliphatic carbocycles. The molecule has 2 aromatic rings. The van der Waals surface area contributed by atoms with Gasteiger partial charge in [0.25, 0.3) is 0 Å². The Labute approximate surface area is 111 Å². The Morgan fingerprint density at radius 2 is 2.12 bits per heavy atom. The SMILES string of the molecule is CCC(NC)c1ccc(-c2cccc(Cl)c2)s1. The quantitative estimate of drug-likeness (QED) is 0.842. The van der Waals surface area contributed by atoms with E-state index in [4.69, 9.17) is 11.6 Å². The standard InChI is InChI=1S/C14H16ClNS/c1-3-12(16-2)14-8-7-13(17-14)10-5-4-6-11(15)9-10/h4-9,12,16H,3H2,1-2H3. The molecule has 0 amide bonds. The van der Waals surface area contributed by atoms with Crippen LogP contribution in [0.15, 0.2) is 36.4 Å². The van der Waals surface area contributed by atoms with E-state index in [1.807, 2.05) is 36.6 Å². The fourth-order valence-electron chi connectivity index (χ4n) is 1.88. The Kier molecular flexibility index (Phi) is 4.21. The Morgan fingerprint density at radius 3 is 2.76 bits per heavy atom. The third-order valence-corrected chi connectivity index (χ3v) is 4.32. The summed E-state index contributed by atoms with van der Waals surface area (Å²) in [6.07, 6.45) is 1.10. The predicted octanol–water partition coefficient (Wildman–Crippen LogP) is 4.74. The molecule has 1 nitrogen and oxygen atoms in total. The number of hydrogen-bond acceptors (Lipinski definition) is 2. The zero-order valence-electron chi connectivity index (χ0n) is 10.0. The van der Waals surface area contributed by atoms with E-state index in [9.17, 15) is 0 Å². The first-order chi connectivity index (χ1) is 8.24. The van der Waals surface area contributed by atoms with Crippen LogP contribution in [0.25, 0.3) is 10.4 Å². The number of benzene rings is 1. The van der Waals surface area contributed by atoms with Gasteiger partial charge in [0.05, 0.1) is 0 Å². The minimum absolute atomic E-state index is 0.452. The van der Waals surface area contributed by atoms with Crippen molar-refractivity contribution in [2.45, 2.75) is 19.4 Å².